The largest absolute Gasteiger partial charge is 0.378 e. The first-order chi connectivity index (χ1) is 9.20. The highest BCUT2D eigenvalue weighted by molar-refractivity contribution is 5.93. The SMILES string of the molecule is Cc1nc2ccc(NC(=O)CC3CCCO3)cc2[nH]1. The average molecular weight is 259 g/mol. The molecule has 0 spiro atoms. The van der Waals surface area contributed by atoms with Crippen molar-refractivity contribution in [3.63, 3.8) is 0 Å². The average Bonchev–Trinajstić information content (AvgIpc) is 2.96. The van der Waals surface area contributed by atoms with Crippen molar-refractivity contribution in [2.75, 3.05) is 11.9 Å². The monoisotopic (exact) mass is 259 g/mol. The molecule has 2 N–H and O–H groups in total. The summed E-state index contributed by atoms with van der Waals surface area (Å²) >= 11 is 0. The molecule has 0 saturated carbocycles. The molecular weight excluding hydrogens is 242 g/mol. The zero-order valence-corrected chi connectivity index (χ0v) is 10.9. The molecule has 19 heavy (non-hydrogen) atoms. The number of H-pyrrole nitrogens is 1. The second-order valence-corrected chi connectivity index (χ2v) is 4.94. The Morgan fingerprint density at radius 2 is 2.47 bits per heavy atom. The van der Waals surface area contributed by atoms with Crippen LogP contribution >= 0.6 is 0 Å². The lowest BCUT2D eigenvalue weighted by Crippen LogP contribution is -2.19. The minimum atomic E-state index is 0.00230. The number of rotatable bonds is 3. The number of nitrogens with one attached hydrogen (secondary N) is 2. The summed E-state index contributed by atoms with van der Waals surface area (Å²) in [6, 6.07) is 5.68. The Morgan fingerprint density at radius 1 is 1.58 bits per heavy atom. The number of aromatic amines is 1. The van der Waals surface area contributed by atoms with Crippen molar-refractivity contribution in [1.82, 2.24) is 9.97 Å². The number of anilines is 1. The first-order valence-electron chi connectivity index (χ1n) is 6.58. The van der Waals surface area contributed by atoms with E-state index in [-0.39, 0.29) is 12.0 Å². The number of amides is 1. The van der Waals surface area contributed by atoms with Gasteiger partial charge in [0.25, 0.3) is 0 Å². The van der Waals surface area contributed by atoms with Crippen LogP contribution in [-0.2, 0) is 9.53 Å². The zero-order valence-electron chi connectivity index (χ0n) is 10.9. The summed E-state index contributed by atoms with van der Waals surface area (Å²) < 4.78 is 5.46. The second kappa shape index (κ2) is 5.01. The molecule has 100 valence electrons. The van der Waals surface area contributed by atoms with Gasteiger partial charge < -0.3 is 15.0 Å². The summed E-state index contributed by atoms with van der Waals surface area (Å²) in [5.74, 6) is 0.875. The Morgan fingerprint density at radius 3 is 3.26 bits per heavy atom. The van der Waals surface area contributed by atoms with E-state index in [4.69, 9.17) is 4.74 Å². The first kappa shape index (κ1) is 12.2. The maximum Gasteiger partial charge on any atom is 0.226 e. The number of hydrogen-bond donors (Lipinski definition) is 2. The molecule has 1 aromatic carbocycles. The number of benzene rings is 1. The van der Waals surface area contributed by atoms with Crippen molar-refractivity contribution in [1.29, 1.82) is 0 Å². The van der Waals surface area contributed by atoms with Gasteiger partial charge in [-0.1, -0.05) is 0 Å². The molecule has 5 heteroatoms. The summed E-state index contributed by atoms with van der Waals surface area (Å²) in [7, 11) is 0. The van der Waals surface area contributed by atoms with Crippen LogP contribution in [0.1, 0.15) is 25.1 Å². The summed E-state index contributed by atoms with van der Waals surface area (Å²) in [4.78, 5) is 19.4. The van der Waals surface area contributed by atoms with Crippen LogP contribution in [0.15, 0.2) is 18.2 Å². The Balaban J connectivity index is 1.68. The molecule has 3 rings (SSSR count). The van der Waals surface area contributed by atoms with Gasteiger partial charge in [0.1, 0.15) is 5.82 Å². The highest BCUT2D eigenvalue weighted by Gasteiger charge is 2.19. The van der Waals surface area contributed by atoms with Gasteiger partial charge >= 0.3 is 0 Å². The summed E-state index contributed by atoms with van der Waals surface area (Å²) in [6.45, 7) is 2.69. The second-order valence-electron chi connectivity index (χ2n) is 4.94. The summed E-state index contributed by atoms with van der Waals surface area (Å²) in [5.41, 5.74) is 2.64. The number of aryl methyl sites for hydroxylation is 1. The van der Waals surface area contributed by atoms with Gasteiger partial charge in [0, 0.05) is 12.3 Å². The molecule has 2 heterocycles. The highest BCUT2D eigenvalue weighted by Crippen LogP contribution is 2.19. The van der Waals surface area contributed by atoms with E-state index in [1.165, 1.54) is 0 Å². The van der Waals surface area contributed by atoms with E-state index in [0.29, 0.717) is 6.42 Å². The molecule has 1 saturated heterocycles. The maximum atomic E-state index is 11.9. The molecule has 1 unspecified atom stereocenters. The van der Waals surface area contributed by atoms with E-state index in [2.05, 4.69) is 15.3 Å². The van der Waals surface area contributed by atoms with Crippen LogP contribution in [0.5, 0.6) is 0 Å². The van der Waals surface area contributed by atoms with E-state index in [1.807, 2.05) is 25.1 Å². The third-order valence-corrected chi connectivity index (χ3v) is 3.32. The molecule has 5 nitrogen and oxygen atoms in total. The lowest BCUT2D eigenvalue weighted by atomic mass is 10.1. The molecule has 1 atom stereocenters. The van der Waals surface area contributed by atoms with Crippen LogP contribution in [0, 0.1) is 6.92 Å². The third-order valence-electron chi connectivity index (χ3n) is 3.32. The van der Waals surface area contributed by atoms with Crippen molar-refractivity contribution in [2.24, 2.45) is 0 Å². The normalized spacial score (nSPS) is 18.9. The minimum Gasteiger partial charge on any atom is -0.378 e. The van der Waals surface area contributed by atoms with Gasteiger partial charge in [-0.25, -0.2) is 4.98 Å². The van der Waals surface area contributed by atoms with Crippen molar-refractivity contribution in [3.8, 4) is 0 Å². The van der Waals surface area contributed by atoms with Crippen LogP contribution in [0.25, 0.3) is 11.0 Å². The number of nitrogens with zero attached hydrogens (tertiary/aromatic N) is 1. The van der Waals surface area contributed by atoms with E-state index in [0.717, 1.165) is 42.0 Å². The van der Waals surface area contributed by atoms with E-state index < -0.39 is 0 Å². The highest BCUT2D eigenvalue weighted by atomic mass is 16.5. The van der Waals surface area contributed by atoms with Crippen molar-refractivity contribution < 1.29 is 9.53 Å². The Kier molecular flexibility index (Phi) is 3.21. The lowest BCUT2D eigenvalue weighted by molar-refractivity contribution is -0.118. The van der Waals surface area contributed by atoms with Crippen molar-refractivity contribution in [2.45, 2.75) is 32.3 Å². The van der Waals surface area contributed by atoms with Crippen LogP contribution in [0.4, 0.5) is 5.69 Å². The van der Waals surface area contributed by atoms with Crippen LogP contribution < -0.4 is 5.32 Å². The van der Waals surface area contributed by atoms with Gasteiger partial charge in [-0.3, -0.25) is 4.79 Å². The van der Waals surface area contributed by atoms with E-state index >= 15 is 0 Å². The number of fused-ring (bicyclic) bond motifs is 1. The van der Waals surface area contributed by atoms with Gasteiger partial charge in [-0.15, -0.1) is 0 Å². The molecule has 0 aliphatic carbocycles. The van der Waals surface area contributed by atoms with Gasteiger partial charge in [0.2, 0.25) is 5.91 Å². The lowest BCUT2D eigenvalue weighted by Gasteiger charge is -2.09. The molecule has 1 aromatic heterocycles. The van der Waals surface area contributed by atoms with Gasteiger partial charge in [0.05, 0.1) is 23.6 Å². The third kappa shape index (κ3) is 2.76. The van der Waals surface area contributed by atoms with E-state index in [1.54, 1.807) is 0 Å². The van der Waals surface area contributed by atoms with E-state index in [9.17, 15) is 4.79 Å². The van der Waals surface area contributed by atoms with Gasteiger partial charge in [-0.05, 0) is 38.0 Å². The predicted octanol–water partition coefficient (Wildman–Crippen LogP) is 2.38. The molecule has 0 radical (unpaired) electrons. The number of carbonyl (C=O) groups is 1. The maximum absolute atomic E-state index is 11.9. The number of imidazole rings is 1. The number of ether oxygens (including phenoxy) is 1. The fourth-order valence-corrected chi connectivity index (χ4v) is 2.44. The topological polar surface area (TPSA) is 67.0 Å². The smallest absolute Gasteiger partial charge is 0.226 e. The first-order valence-corrected chi connectivity index (χ1v) is 6.58. The molecule has 1 aliphatic heterocycles. The van der Waals surface area contributed by atoms with Gasteiger partial charge in [0.15, 0.2) is 0 Å². The number of aromatic nitrogens is 2. The Labute approximate surface area is 111 Å². The Hall–Kier alpha value is -1.88. The molecular formula is C14H17N3O2. The molecule has 1 amide bonds. The van der Waals surface area contributed by atoms with Crippen LogP contribution in [0.3, 0.4) is 0 Å². The standard InChI is InChI=1S/C14H17N3O2/c1-9-15-12-5-4-10(7-13(12)16-9)17-14(18)8-11-3-2-6-19-11/h4-5,7,11H,2-3,6,8H2,1H3,(H,15,16)(H,17,18). The quantitative estimate of drug-likeness (QED) is 0.889. The zero-order chi connectivity index (χ0) is 13.2. The predicted molar refractivity (Wildman–Crippen MR) is 73.1 cm³/mol. The fraction of sp³-hybridized carbons (Fsp3) is 0.429. The van der Waals surface area contributed by atoms with Crippen molar-refractivity contribution >= 4 is 22.6 Å². The molecule has 0 bridgehead atoms. The van der Waals surface area contributed by atoms with Crippen LogP contribution in [-0.4, -0.2) is 28.6 Å². The summed E-state index contributed by atoms with van der Waals surface area (Å²) in [5, 5.41) is 2.90. The molecule has 2 aromatic rings. The summed E-state index contributed by atoms with van der Waals surface area (Å²) in [6.07, 6.45) is 2.54. The number of carbonyl (C=O) groups excluding carboxylic acids is 1. The van der Waals surface area contributed by atoms with Crippen molar-refractivity contribution in [3.05, 3.63) is 24.0 Å². The van der Waals surface area contributed by atoms with Crippen LogP contribution in [0.2, 0.25) is 0 Å². The Bertz CT molecular complexity index is 600. The fourth-order valence-electron chi connectivity index (χ4n) is 2.44. The molecule has 1 aliphatic rings. The molecule has 1 fully saturated rings. The minimum absolute atomic E-state index is 0.00230. The number of hydrogen-bond acceptors (Lipinski definition) is 3. The van der Waals surface area contributed by atoms with Gasteiger partial charge in [-0.2, -0.15) is 0 Å².